The van der Waals surface area contributed by atoms with Crippen molar-refractivity contribution in [1.82, 2.24) is 0 Å². The fourth-order valence-corrected chi connectivity index (χ4v) is 6.05. The third-order valence-corrected chi connectivity index (χ3v) is 7.97. The summed E-state index contributed by atoms with van der Waals surface area (Å²) in [7, 11) is 0. The summed E-state index contributed by atoms with van der Waals surface area (Å²) in [5, 5.41) is 0. The van der Waals surface area contributed by atoms with E-state index < -0.39 is 6.47 Å². The second-order valence-corrected chi connectivity index (χ2v) is 14.8. The van der Waals surface area contributed by atoms with Gasteiger partial charge in [0.05, 0.1) is 0 Å². The van der Waals surface area contributed by atoms with Crippen molar-refractivity contribution in [2.75, 3.05) is 0 Å². The molecule has 0 aromatic heterocycles. The molecule has 26 heavy (non-hydrogen) atoms. The summed E-state index contributed by atoms with van der Waals surface area (Å²) in [5.74, 6) is 0.210. The predicted octanol–water partition coefficient (Wildman–Crippen LogP) is 6.82. The first-order chi connectivity index (χ1) is 12.2. The van der Waals surface area contributed by atoms with Gasteiger partial charge in [0.15, 0.2) is 11.6 Å². The maximum atomic E-state index is 13.2. The molecule has 0 saturated heterocycles. The Labute approximate surface area is 188 Å². The standard InChI is InChI=1S/C20H22Br4O2/c1-3-5-7-11-13-9-19(21,22)18(26)16(13)12(8-6-4-2)14-10-20(23,24)17(25)15(11)14/h3-10H2,1-2H3. The van der Waals surface area contributed by atoms with E-state index in [0.29, 0.717) is 12.8 Å². The van der Waals surface area contributed by atoms with Crippen LogP contribution in [0.4, 0.5) is 0 Å². The quantitative estimate of drug-likeness (QED) is 0.330. The number of carbonyl (C=O) groups is 2. The van der Waals surface area contributed by atoms with E-state index in [1.807, 2.05) is 0 Å². The lowest BCUT2D eigenvalue weighted by Gasteiger charge is -2.18. The number of hydrogen-bond donors (Lipinski definition) is 0. The second-order valence-electron chi connectivity index (χ2n) is 7.29. The summed E-state index contributed by atoms with van der Waals surface area (Å²) in [4.78, 5) is 26.3. The minimum absolute atomic E-state index is 0.105. The summed E-state index contributed by atoms with van der Waals surface area (Å²) in [6, 6.07) is 0. The first-order valence-electron chi connectivity index (χ1n) is 9.20. The van der Waals surface area contributed by atoms with Gasteiger partial charge in [-0.05, 0) is 47.9 Å². The van der Waals surface area contributed by atoms with E-state index in [4.69, 9.17) is 0 Å². The number of ketones is 2. The molecule has 0 bridgehead atoms. The number of Topliss-reactive ketones (excluding diaryl/α,β-unsaturated/α-hetero) is 2. The van der Waals surface area contributed by atoms with Crippen LogP contribution in [-0.2, 0) is 25.7 Å². The lowest BCUT2D eigenvalue weighted by molar-refractivity contribution is 0.0985. The van der Waals surface area contributed by atoms with Crippen LogP contribution in [0, 0.1) is 0 Å². The predicted molar refractivity (Wildman–Crippen MR) is 121 cm³/mol. The zero-order valence-electron chi connectivity index (χ0n) is 15.0. The Morgan fingerprint density at radius 1 is 0.731 bits per heavy atom. The second kappa shape index (κ2) is 7.72. The van der Waals surface area contributed by atoms with Crippen LogP contribution in [0.5, 0.6) is 0 Å². The van der Waals surface area contributed by atoms with Gasteiger partial charge in [-0.15, -0.1) is 0 Å². The van der Waals surface area contributed by atoms with Gasteiger partial charge < -0.3 is 0 Å². The minimum Gasteiger partial charge on any atom is -0.292 e. The van der Waals surface area contributed by atoms with E-state index in [-0.39, 0.29) is 11.6 Å². The molecule has 0 radical (unpaired) electrons. The Kier molecular flexibility index (Phi) is 6.29. The van der Waals surface area contributed by atoms with Crippen LogP contribution in [-0.4, -0.2) is 18.0 Å². The van der Waals surface area contributed by atoms with Crippen LogP contribution in [0.3, 0.4) is 0 Å². The van der Waals surface area contributed by atoms with E-state index in [1.165, 1.54) is 0 Å². The average Bonchev–Trinajstić information content (AvgIpc) is 2.94. The van der Waals surface area contributed by atoms with Crippen molar-refractivity contribution in [3.8, 4) is 0 Å². The number of fused-ring (bicyclic) bond motifs is 2. The zero-order valence-corrected chi connectivity index (χ0v) is 21.3. The summed E-state index contributed by atoms with van der Waals surface area (Å²) in [6.45, 7) is 4.31. The molecule has 0 spiro atoms. The van der Waals surface area contributed by atoms with Crippen LogP contribution < -0.4 is 0 Å². The fourth-order valence-electron chi connectivity index (χ4n) is 4.14. The van der Waals surface area contributed by atoms with Gasteiger partial charge in [-0.25, -0.2) is 0 Å². The molecule has 2 nitrogen and oxygen atoms in total. The van der Waals surface area contributed by atoms with Crippen molar-refractivity contribution < 1.29 is 9.59 Å². The molecule has 0 heterocycles. The van der Waals surface area contributed by atoms with Gasteiger partial charge in [0.25, 0.3) is 0 Å². The number of benzene rings is 1. The van der Waals surface area contributed by atoms with Gasteiger partial charge in [0, 0.05) is 24.0 Å². The highest BCUT2D eigenvalue weighted by atomic mass is 79.9. The smallest absolute Gasteiger partial charge is 0.191 e. The molecule has 0 unspecified atom stereocenters. The zero-order chi connectivity index (χ0) is 19.3. The number of rotatable bonds is 6. The van der Waals surface area contributed by atoms with E-state index in [0.717, 1.165) is 71.9 Å². The SMILES string of the molecule is CCCCc1c2c(c(CCCC)c3c1C(=O)C(Br)(Br)C3)C(=O)C(Br)(Br)C2. The van der Waals surface area contributed by atoms with Crippen LogP contribution in [0.2, 0.25) is 0 Å². The van der Waals surface area contributed by atoms with Crippen molar-refractivity contribution >= 4 is 75.3 Å². The van der Waals surface area contributed by atoms with Gasteiger partial charge in [-0.3, -0.25) is 9.59 Å². The van der Waals surface area contributed by atoms with Crippen molar-refractivity contribution in [3.05, 3.63) is 33.4 Å². The molecule has 2 aliphatic rings. The molecular formula is C20H22Br4O2. The van der Waals surface area contributed by atoms with Crippen LogP contribution in [0.25, 0.3) is 0 Å². The monoisotopic (exact) mass is 610 g/mol. The number of carbonyl (C=O) groups excluding carboxylic acids is 2. The number of hydrogen-bond acceptors (Lipinski definition) is 2. The van der Waals surface area contributed by atoms with Crippen molar-refractivity contribution in [1.29, 1.82) is 0 Å². The molecule has 3 rings (SSSR count). The summed E-state index contributed by atoms with van der Waals surface area (Å²) >= 11 is 14.3. The van der Waals surface area contributed by atoms with Gasteiger partial charge in [-0.1, -0.05) is 90.4 Å². The lowest BCUT2D eigenvalue weighted by atomic mass is 9.85. The number of halogens is 4. The van der Waals surface area contributed by atoms with Crippen molar-refractivity contribution in [2.45, 2.75) is 71.7 Å². The molecule has 0 saturated carbocycles. The van der Waals surface area contributed by atoms with Gasteiger partial charge in [0.1, 0.15) is 6.47 Å². The summed E-state index contributed by atoms with van der Waals surface area (Å²) in [5.41, 5.74) is 6.07. The Morgan fingerprint density at radius 3 is 1.38 bits per heavy atom. The molecule has 1 aromatic rings. The Hall–Kier alpha value is 0.480. The van der Waals surface area contributed by atoms with E-state index >= 15 is 0 Å². The maximum Gasteiger partial charge on any atom is 0.191 e. The molecular weight excluding hydrogens is 592 g/mol. The maximum absolute atomic E-state index is 13.2. The molecule has 0 N–H and O–H groups in total. The van der Waals surface area contributed by atoms with E-state index in [9.17, 15) is 9.59 Å². The van der Waals surface area contributed by atoms with Crippen molar-refractivity contribution in [2.24, 2.45) is 0 Å². The fraction of sp³-hybridized carbons (Fsp3) is 0.600. The average molecular weight is 614 g/mol. The van der Waals surface area contributed by atoms with Crippen LogP contribution in [0.1, 0.15) is 82.5 Å². The van der Waals surface area contributed by atoms with Gasteiger partial charge >= 0.3 is 0 Å². The van der Waals surface area contributed by atoms with Gasteiger partial charge in [-0.2, -0.15) is 0 Å². The molecule has 0 atom stereocenters. The number of alkyl halides is 4. The molecule has 142 valence electrons. The summed E-state index contributed by atoms with van der Waals surface area (Å²) in [6.07, 6.45) is 7.04. The van der Waals surface area contributed by atoms with Crippen LogP contribution in [0.15, 0.2) is 0 Å². The normalized spacial score (nSPS) is 19.8. The third-order valence-electron chi connectivity index (χ3n) is 5.41. The highest BCUT2D eigenvalue weighted by Gasteiger charge is 2.50. The van der Waals surface area contributed by atoms with Crippen molar-refractivity contribution in [3.63, 3.8) is 0 Å². The van der Waals surface area contributed by atoms with Gasteiger partial charge in [0.2, 0.25) is 0 Å². The molecule has 6 heteroatoms. The topological polar surface area (TPSA) is 34.1 Å². The molecule has 2 aliphatic carbocycles. The Bertz CT molecular complexity index is 715. The Balaban J connectivity index is 2.30. The molecule has 0 aliphatic heterocycles. The van der Waals surface area contributed by atoms with Crippen LogP contribution >= 0.6 is 63.7 Å². The minimum atomic E-state index is -0.734. The molecule has 0 amide bonds. The van der Waals surface area contributed by atoms with E-state index in [2.05, 4.69) is 77.6 Å². The van der Waals surface area contributed by atoms with E-state index in [1.54, 1.807) is 0 Å². The Morgan fingerprint density at radius 2 is 1.08 bits per heavy atom. The highest BCUT2D eigenvalue weighted by molar-refractivity contribution is 9.26. The third kappa shape index (κ3) is 3.46. The lowest BCUT2D eigenvalue weighted by Crippen LogP contribution is -2.21. The molecule has 0 fully saturated rings. The number of unbranched alkanes of at least 4 members (excludes halogenated alkanes) is 2. The molecule has 1 aromatic carbocycles. The first-order valence-corrected chi connectivity index (χ1v) is 12.4. The highest BCUT2D eigenvalue weighted by Crippen LogP contribution is 2.51. The first kappa shape index (κ1) is 21.2. The summed E-state index contributed by atoms with van der Waals surface area (Å²) < 4.78 is -1.47. The largest absolute Gasteiger partial charge is 0.292 e.